The van der Waals surface area contributed by atoms with Crippen molar-refractivity contribution in [3.8, 4) is 0 Å². The van der Waals surface area contributed by atoms with Gasteiger partial charge in [-0.3, -0.25) is 9.59 Å². The van der Waals surface area contributed by atoms with E-state index in [1.807, 2.05) is 11.8 Å². The van der Waals surface area contributed by atoms with Gasteiger partial charge in [0, 0.05) is 19.6 Å². The summed E-state index contributed by atoms with van der Waals surface area (Å²) in [5.74, 6) is -1.35. The molecule has 0 aliphatic carbocycles. The lowest BCUT2D eigenvalue weighted by Gasteiger charge is -2.31. The molecule has 2 heterocycles. The Morgan fingerprint density at radius 3 is 2.73 bits per heavy atom. The number of halogens is 1. The highest BCUT2D eigenvalue weighted by atomic mass is 19.1. The quantitative estimate of drug-likeness (QED) is 0.483. The van der Waals surface area contributed by atoms with Gasteiger partial charge in [-0.25, -0.2) is 9.18 Å². The van der Waals surface area contributed by atoms with E-state index in [0.29, 0.717) is 30.9 Å². The summed E-state index contributed by atoms with van der Waals surface area (Å²) in [4.78, 5) is 36.8. The molecule has 2 fully saturated rings. The molecule has 164 valence electrons. The van der Waals surface area contributed by atoms with Crippen molar-refractivity contribution in [3.63, 3.8) is 0 Å². The van der Waals surface area contributed by atoms with Crippen molar-refractivity contribution in [2.75, 3.05) is 37.7 Å². The summed E-state index contributed by atoms with van der Waals surface area (Å²) in [6, 6.07) is 4.48. The second-order valence-electron chi connectivity index (χ2n) is 8.11. The van der Waals surface area contributed by atoms with E-state index < -0.39 is 41.9 Å². The van der Waals surface area contributed by atoms with E-state index in [4.69, 9.17) is 15.6 Å². The molecule has 1 aromatic rings. The smallest absolute Gasteiger partial charge is 0.407 e. The molecule has 2 aliphatic heterocycles. The van der Waals surface area contributed by atoms with Crippen LogP contribution in [0.3, 0.4) is 0 Å². The van der Waals surface area contributed by atoms with Gasteiger partial charge in [-0.2, -0.15) is 0 Å². The van der Waals surface area contributed by atoms with Gasteiger partial charge >= 0.3 is 6.09 Å². The van der Waals surface area contributed by atoms with Gasteiger partial charge in [0.15, 0.2) is 0 Å². The molecule has 2 aliphatic rings. The Hall–Kier alpha value is -2.88. The molecule has 30 heavy (non-hydrogen) atoms. The molecular weight excluding hydrogens is 395 g/mol. The number of nitrogens with one attached hydrogen (secondary N) is 2. The highest BCUT2D eigenvalue weighted by Crippen LogP contribution is 2.35. The van der Waals surface area contributed by atoms with Crippen molar-refractivity contribution >= 4 is 23.6 Å². The topological polar surface area (TPSA) is 134 Å². The van der Waals surface area contributed by atoms with Crippen molar-refractivity contribution in [2.45, 2.75) is 25.4 Å². The standard InChI is InChI=1S/C20H27FN4O5/c1-11-8-25(9-12(11)6-23-17(27)10-26)15-4-3-13(5-14(15)21)20(2,18(22)28)16-7-24-19(29)30-16/h3-5,11-12,16,26H,6-10H2,1-2H3,(H2,22,28)(H,23,27)(H,24,29). The molecule has 0 aromatic heterocycles. The SMILES string of the molecule is CC1CN(c2ccc(C(C)(C(N)=O)C3CNC(=O)O3)cc2F)CC1CNC(=O)CO. The summed E-state index contributed by atoms with van der Waals surface area (Å²) >= 11 is 0. The first-order chi connectivity index (χ1) is 14.2. The first-order valence-corrected chi connectivity index (χ1v) is 9.83. The number of rotatable bonds is 7. The van der Waals surface area contributed by atoms with Crippen LogP contribution >= 0.6 is 0 Å². The number of ether oxygens (including phenoxy) is 1. The fourth-order valence-corrected chi connectivity index (χ4v) is 4.08. The summed E-state index contributed by atoms with van der Waals surface area (Å²) in [6.45, 7) is 4.64. The van der Waals surface area contributed by atoms with Crippen molar-refractivity contribution in [1.82, 2.24) is 10.6 Å². The van der Waals surface area contributed by atoms with Gasteiger partial charge in [-0.1, -0.05) is 13.0 Å². The zero-order valence-electron chi connectivity index (χ0n) is 17.0. The third-order valence-corrected chi connectivity index (χ3v) is 6.20. The second-order valence-corrected chi connectivity index (χ2v) is 8.11. The van der Waals surface area contributed by atoms with E-state index in [1.165, 1.54) is 13.0 Å². The maximum Gasteiger partial charge on any atom is 0.407 e. The van der Waals surface area contributed by atoms with Gasteiger partial charge in [-0.15, -0.1) is 0 Å². The van der Waals surface area contributed by atoms with Gasteiger partial charge in [0.05, 0.1) is 12.2 Å². The maximum atomic E-state index is 15.1. The van der Waals surface area contributed by atoms with Gasteiger partial charge < -0.3 is 31.1 Å². The van der Waals surface area contributed by atoms with Crippen molar-refractivity contribution in [1.29, 1.82) is 0 Å². The predicted octanol–water partition coefficient (Wildman–Crippen LogP) is -0.142. The zero-order valence-corrected chi connectivity index (χ0v) is 17.0. The van der Waals surface area contributed by atoms with Gasteiger partial charge in [-0.05, 0) is 36.5 Å². The normalized spacial score (nSPS) is 25.4. The van der Waals surface area contributed by atoms with Crippen LogP contribution in [0.15, 0.2) is 18.2 Å². The van der Waals surface area contributed by atoms with Crippen LogP contribution in [0.5, 0.6) is 0 Å². The molecule has 4 unspecified atom stereocenters. The number of hydrogen-bond acceptors (Lipinski definition) is 6. The lowest BCUT2D eigenvalue weighted by atomic mass is 9.76. The molecule has 3 rings (SSSR count). The fraction of sp³-hybridized carbons (Fsp3) is 0.550. The number of alkyl carbamates (subject to hydrolysis) is 1. The van der Waals surface area contributed by atoms with Crippen LogP contribution in [0, 0.1) is 17.7 Å². The van der Waals surface area contributed by atoms with E-state index in [0.717, 1.165) is 0 Å². The molecule has 4 atom stereocenters. The van der Waals surface area contributed by atoms with Crippen LogP contribution in [-0.4, -0.2) is 61.9 Å². The summed E-state index contributed by atoms with van der Waals surface area (Å²) in [5.41, 5.74) is 4.93. The summed E-state index contributed by atoms with van der Waals surface area (Å²) in [6.07, 6.45) is -1.48. The van der Waals surface area contributed by atoms with E-state index in [1.54, 1.807) is 12.1 Å². The minimum atomic E-state index is -1.38. The van der Waals surface area contributed by atoms with Gasteiger partial charge in [0.2, 0.25) is 11.8 Å². The molecule has 3 amide bonds. The number of cyclic esters (lactones) is 1. The number of primary amides is 1. The number of carbonyl (C=O) groups is 3. The number of hydrogen-bond donors (Lipinski definition) is 4. The predicted molar refractivity (Wildman–Crippen MR) is 106 cm³/mol. The lowest BCUT2D eigenvalue weighted by molar-refractivity contribution is -0.126. The summed E-state index contributed by atoms with van der Waals surface area (Å²) < 4.78 is 20.2. The zero-order chi connectivity index (χ0) is 22.1. The van der Waals surface area contributed by atoms with Crippen molar-refractivity contribution in [2.24, 2.45) is 17.6 Å². The van der Waals surface area contributed by atoms with Crippen molar-refractivity contribution in [3.05, 3.63) is 29.6 Å². The average Bonchev–Trinajstić information content (AvgIpc) is 3.30. The van der Waals surface area contributed by atoms with Gasteiger partial charge in [0.1, 0.15) is 23.9 Å². The third kappa shape index (κ3) is 4.04. The van der Waals surface area contributed by atoms with Crippen LogP contribution in [0.2, 0.25) is 0 Å². The largest absolute Gasteiger partial charge is 0.443 e. The minimum absolute atomic E-state index is 0.104. The summed E-state index contributed by atoms with van der Waals surface area (Å²) in [5, 5.41) is 14.0. The monoisotopic (exact) mass is 422 g/mol. The lowest BCUT2D eigenvalue weighted by Crippen LogP contribution is -2.49. The van der Waals surface area contributed by atoms with Crippen molar-refractivity contribution < 1.29 is 28.6 Å². The van der Waals surface area contributed by atoms with E-state index in [2.05, 4.69) is 10.6 Å². The number of aliphatic hydroxyl groups is 1. The molecule has 2 saturated heterocycles. The Morgan fingerprint density at radius 1 is 1.43 bits per heavy atom. The molecule has 5 N–H and O–H groups in total. The summed E-state index contributed by atoms with van der Waals surface area (Å²) in [7, 11) is 0. The maximum absolute atomic E-state index is 15.1. The fourth-order valence-electron chi connectivity index (χ4n) is 4.08. The number of amides is 3. The van der Waals surface area contributed by atoms with E-state index >= 15 is 4.39 Å². The highest BCUT2D eigenvalue weighted by Gasteiger charge is 2.47. The van der Waals surface area contributed by atoms with Crippen LogP contribution in [0.1, 0.15) is 19.4 Å². The highest BCUT2D eigenvalue weighted by molar-refractivity contribution is 5.88. The first kappa shape index (κ1) is 21.8. The van der Waals surface area contributed by atoms with Crippen LogP contribution in [-0.2, 0) is 19.7 Å². The molecule has 0 spiro atoms. The minimum Gasteiger partial charge on any atom is -0.443 e. The number of benzene rings is 1. The molecule has 0 bridgehead atoms. The first-order valence-electron chi connectivity index (χ1n) is 9.83. The van der Waals surface area contributed by atoms with Gasteiger partial charge in [0.25, 0.3) is 0 Å². The molecule has 1 aromatic carbocycles. The average molecular weight is 422 g/mol. The Bertz CT molecular complexity index is 850. The van der Waals surface area contributed by atoms with Crippen LogP contribution in [0.4, 0.5) is 14.9 Å². The van der Waals surface area contributed by atoms with Crippen LogP contribution in [0.25, 0.3) is 0 Å². The third-order valence-electron chi connectivity index (χ3n) is 6.20. The Balaban J connectivity index is 1.79. The Kier molecular flexibility index (Phi) is 6.16. The number of carbonyl (C=O) groups excluding carboxylic acids is 3. The Morgan fingerprint density at radius 2 is 2.17 bits per heavy atom. The molecule has 0 radical (unpaired) electrons. The Labute approximate surface area is 173 Å². The number of anilines is 1. The van der Waals surface area contributed by atoms with E-state index in [9.17, 15) is 14.4 Å². The van der Waals surface area contributed by atoms with Crippen LogP contribution < -0.4 is 21.3 Å². The van der Waals surface area contributed by atoms with E-state index in [-0.39, 0.29) is 18.4 Å². The molecule has 9 nitrogen and oxygen atoms in total. The molecular formula is C20H27FN4O5. The molecule has 0 saturated carbocycles. The number of nitrogens with two attached hydrogens (primary N) is 1. The number of nitrogens with zero attached hydrogens (tertiary/aromatic N) is 1. The number of aliphatic hydroxyl groups excluding tert-OH is 1. The second kappa shape index (κ2) is 8.47. The molecule has 10 heteroatoms.